The van der Waals surface area contributed by atoms with Gasteiger partial charge in [-0.3, -0.25) is 57.5 Å². The quantitative estimate of drug-likeness (QED) is 0.0855. The minimum Gasteiger partial charge on any atom is -0.343 e. The minimum absolute atomic E-state index is 0.000104. The van der Waals surface area contributed by atoms with E-state index in [1.165, 1.54) is 68.9 Å². The lowest BCUT2D eigenvalue weighted by molar-refractivity contribution is -0.184. The number of rotatable bonds is 16. The molecule has 5 rings (SSSR count). The SMILES string of the molecule is CCCC[C@@H]1NC(=O)[C@H](CC2CCCC(I)C2)NC(=O)CN(C)C(=O)[C@H](CC2CCC(Cl)CC2)N(C)C(=O)CN(C)C(=O)CN(C)C(=O)[C@H]([C@@H](C)CC)NC(=O)[C@H](CC(C)C)N(C)C(=O)C[C@@H](C(=O)N2CCCCC2)N(C)C(=O)[C@H](CC(C)C)NC(=O)[C@H](CC2CCC(C(F)(F)F)CC2)N(C)C1=O. The van der Waals surface area contributed by atoms with E-state index in [9.17, 15) is 41.9 Å². The summed E-state index contributed by atoms with van der Waals surface area (Å²) in [7, 11) is 9.83. The Morgan fingerprint density at radius 1 is 0.524 bits per heavy atom. The van der Waals surface area contributed by atoms with E-state index in [0.717, 1.165) is 46.8 Å². The van der Waals surface area contributed by atoms with Crippen LogP contribution in [-0.4, -0.2) is 256 Å². The fourth-order valence-electron chi connectivity index (χ4n) is 15.3. The van der Waals surface area contributed by atoms with Gasteiger partial charge in [0.1, 0.15) is 48.3 Å². The van der Waals surface area contributed by atoms with Gasteiger partial charge in [0, 0.05) is 71.7 Å². The van der Waals surface area contributed by atoms with Crippen molar-refractivity contribution in [3.8, 4) is 0 Å². The van der Waals surface area contributed by atoms with Crippen LogP contribution in [0.1, 0.15) is 209 Å². The fraction of sp³-hybridized carbons (Fsp3) is 0.838. The molecule has 103 heavy (non-hydrogen) atoms. The highest BCUT2D eigenvalue weighted by Crippen LogP contribution is 2.41. The Balaban J connectivity index is 1.66. The number of unbranched alkanes of at least 4 members (excludes halogenated alkanes) is 1. The monoisotopic (exact) mass is 1590 g/mol. The van der Waals surface area contributed by atoms with Crippen molar-refractivity contribution in [3.05, 3.63) is 0 Å². The van der Waals surface area contributed by atoms with Crippen LogP contribution in [0.2, 0.25) is 0 Å². The van der Waals surface area contributed by atoms with Crippen molar-refractivity contribution >= 4 is 105 Å². The summed E-state index contributed by atoms with van der Waals surface area (Å²) >= 11 is 8.91. The first kappa shape index (κ1) is 88.1. The van der Waals surface area contributed by atoms with Crippen LogP contribution in [0.5, 0.6) is 0 Å². The van der Waals surface area contributed by atoms with Gasteiger partial charge in [-0.1, -0.05) is 103 Å². The molecule has 2 heterocycles. The average Bonchev–Trinajstić information content (AvgIpc) is 0.829. The van der Waals surface area contributed by atoms with E-state index in [4.69, 9.17) is 11.6 Å². The number of carbonyl (C=O) groups is 12. The van der Waals surface area contributed by atoms with Crippen LogP contribution >= 0.6 is 34.2 Å². The van der Waals surface area contributed by atoms with Crippen LogP contribution < -0.4 is 21.3 Å². The fourth-order valence-corrected chi connectivity index (χ4v) is 16.7. The molecule has 11 atom stereocenters. The summed E-state index contributed by atoms with van der Waals surface area (Å²) in [6.07, 6.45) is 4.67. The van der Waals surface area contributed by atoms with Gasteiger partial charge in [-0.2, -0.15) is 13.2 Å². The molecule has 2 unspecified atom stereocenters. The van der Waals surface area contributed by atoms with Gasteiger partial charge < -0.3 is 60.5 Å². The van der Waals surface area contributed by atoms with E-state index in [0.29, 0.717) is 70.9 Å². The van der Waals surface area contributed by atoms with Crippen molar-refractivity contribution in [1.82, 2.24) is 60.5 Å². The summed E-state index contributed by atoms with van der Waals surface area (Å²) in [6.45, 7) is 11.9. The van der Waals surface area contributed by atoms with Crippen LogP contribution in [0, 0.1) is 41.4 Å². The second-order valence-corrected chi connectivity index (χ2v) is 33.8. The van der Waals surface area contributed by atoms with Crippen molar-refractivity contribution in [3.63, 3.8) is 0 Å². The molecular weight excluding hydrogens is 1470 g/mol. The van der Waals surface area contributed by atoms with Gasteiger partial charge in [0.25, 0.3) is 0 Å². The number of nitrogens with one attached hydrogen (secondary N) is 4. The van der Waals surface area contributed by atoms with E-state index in [1.807, 2.05) is 41.5 Å². The molecule has 586 valence electrons. The molecule has 12 amide bonds. The summed E-state index contributed by atoms with van der Waals surface area (Å²) in [4.78, 5) is 189. The van der Waals surface area contributed by atoms with Gasteiger partial charge in [-0.15, -0.1) is 11.6 Å². The second-order valence-electron chi connectivity index (χ2n) is 31.4. The van der Waals surface area contributed by atoms with E-state index < -0.39 is 169 Å². The molecule has 0 aromatic heterocycles. The summed E-state index contributed by atoms with van der Waals surface area (Å²) in [5, 5.41) is 11.6. The van der Waals surface area contributed by atoms with Crippen molar-refractivity contribution in [2.24, 2.45) is 41.4 Å². The molecule has 0 aromatic carbocycles. The Morgan fingerprint density at radius 2 is 1.07 bits per heavy atom. The Kier molecular flexibility index (Phi) is 35.5. The molecule has 3 saturated carbocycles. The maximum Gasteiger partial charge on any atom is 0.391 e. The zero-order chi connectivity index (χ0) is 76.9. The van der Waals surface area contributed by atoms with Crippen LogP contribution in [0.15, 0.2) is 0 Å². The second kappa shape index (κ2) is 41.5. The Morgan fingerprint density at radius 3 is 1.64 bits per heavy atom. The Bertz CT molecular complexity index is 2880. The van der Waals surface area contributed by atoms with E-state index in [-0.39, 0.29) is 97.2 Å². The number of carbonyl (C=O) groups excluding carboxylic acids is 12. The van der Waals surface area contributed by atoms with Gasteiger partial charge in [-0.05, 0) is 158 Å². The molecular formula is C74H123ClF3IN12O12. The van der Waals surface area contributed by atoms with Crippen LogP contribution in [0.25, 0.3) is 0 Å². The molecule has 0 aromatic rings. The molecule has 2 aliphatic heterocycles. The molecule has 0 spiro atoms. The standard InChI is InChI=1S/C74H123ClF3IN12O12/c1-15-17-24-54-69(99)89(13)58(39-48-25-29-51(30-26-48)74(76,77)78)67(97)82-56(35-45(3)4)70(100)90(14)60(72(102)91-33-19-18-20-34-91)41-62(93)87(11)57(36-46(5)6)68(98)83-65(47(7)16-2)73(103)86(10)43-63(94)84(8)44-64(95)88(12)59(40-49-27-31-52(75)32-28-49)71(101)85(9)42-61(92)80-55(66(96)81-54)38-50-22-21-23-53(79)37-50/h45-60,65H,15-44H2,1-14H3,(H,80,92)(H,81,96)(H,82,97)(H,83,98)/t47-,48?,49?,50?,51?,52?,53?,54-,55-,56-,57-,58-,59-,60-,65-/m0/s1. The third-order valence-corrected chi connectivity index (χ3v) is 23.8. The lowest BCUT2D eigenvalue weighted by atomic mass is 9.78. The highest BCUT2D eigenvalue weighted by atomic mass is 127. The first-order valence-electron chi connectivity index (χ1n) is 38.0. The Hall–Kier alpha value is -5.55. The first-order valence-corrected chi connectivity index (χ1v) is 39.7. The number of hydrogen-bond acceptors (Lipinski definition) is 12. The number of amides is 12. The molecule has 2 saturated heterocycles. The van der Waals surface area contributed by atoms with E-state index >= 15 is 28.8 Å². The third kappa shape index (κ3) is 26.4. The summed E-state index contributed by atoms with van der Waals surface area (Å²) in [5.74, 6) is -11.2. The molecule has 0 radical (unpaired) electrons. The highest BCUT2D eigenvalue weighted by Gasteiger charge is 2.46. The van der Waals surface area contributed by atoms with Gasteiger partial charge in [0.15, 0.2) is 0 Å². The average molecular weight is 1590 g/mol. The third-order valence-electron chi connectivity index (χ3n) is 22.3. The van der Waals surface area contributed by atoms with Crippen molar-refractivity contribution in [1.29, 1.82) is 0 Å². The topological polar surface area (TPSA) is 279 Å². The molecule has 29 heteroatoms. The zero-order valence-corrected chi connectivity index (χ0v) is 66.8. The summed E-state index contributed by atoms with van der Waals surface area (Å²) < 4.78 is 42.8. The number of piperidine rings is 1. The lowest BCUT2D eigenvalue weighted by Crippen LogP contribution is -2.61. The number of nitrogens with zero attached hydrogens (tertiary/aromatic N) is 8. The minimum atomic E-state index is -4.44. The smallest absolute Gasteiger partial charge is 0.343 e. The number of likely N-dealkylation sites (tertiary alicyclic amines) is 1. The van der Waals surface area contributed by atoms with Gasteiger partial charge in [-0.25, -0.2) is 0 Å². The number of hydrogen-bond donors (Lipinski definition) is 4. The van der Waals surface area contributed by atoms with Crippen molar-refractivity contribution < 1.29 is 70.7 Å². The molecule has 4 N–H and O–H groups in total. The van der Waals surface area contributed by atoms with Gasteiger partial charge >= 0.3 is 6.18 Å². The largest absolute Gasteiger partial charge is 0.391 e. The maximum absolute atomic E-state index is 15.5. The van der Waals surface area contributed by atoms with E-state index in [1.54, 1.807) is 11.8 Å². The van der Waals surface area contributed by atoms with Crippen molar-refractivity contribution in [2.45, 2.75) is 273 Å². The number of halogens is 5. The van der Waals surface area contributed by atoms with E-state index in [2.05, 4.69) is 43.9 Å². The van der Waals surface area contributed by atoms with Crippen LogP contribution in [0.3, 0.4) is 0 Å². The normalized spacial score (nSPS) is 30.4. The first-order chi connectivity index (χ1) is 48.4. The van der Waals surface area contributed by atoms with Gasteiger partial charge in [0.2, 0.25) is 70.9 Å². The molecule has 5 aliphatic rings. The molecule has 5 fully saturated rings. The van der Waals surface area contributed by atoms with Gasteiger partial charge in [0.05, 0.1) is 32.0 Å². The molecule has 0 bridgehead atoms. The number of alkyl halides is 5. The van der Waals surface area contributed by atoms with Crippen molar-refractivity contribution in [2.75, 3.05) is 82.1 Å². The van der Waals surface area contributed by atoms with Crippen LogP contribution in [-0.2, 0) is 57.5 Å². The molecule has 3 aliphatic carbocycles. The summed E-state index contributed by atoms with van der Waals surface area (Å²) in [5.41, 5.74) is 0. The molecule has 24 nitrogen and oxygen atoms in total. The lowest BCUT2D eigenvalue weighted by Gasteiger charge is -2.38. The Labute approximate surface area is 629 Å². The number of likely N-dealkylation sites (N-methyl/N-ethyl adjacent to an activating group) is 7. The maximum atomic E-state index is 15.5. The highest BCUT2D eigenvalue weighted by molar-refractivity contribution is 14.1. The van der Waals surface area contributed by atoms with Crippen LogP contribution in [0.4, 0.5) is 13.2 Å². The predicted molar refractivity (Wildman–Crippen MR) is 397 cm³/mol. The zero-order valence-electron chi connectivity index (χ0n) is 63.9. The summed E-state index contributed by atoms with van der Waals surface area (Å²) in [6, 6.07) is -10.4. The predicted octanol–water partition coefficient (Wildman–Crippen LogP) is 7.68.